The Morgan fingerprint density at radius 3 is 2.86 bits per heavy atom. The molecule has 0 saturated heterocycles. The van der Waals surface area contributed by atoms with Gasteiger partial charge in [0.1, 0.15) is 5.76 Å². The molecule has 0 aromatic carbocycles. The van der Waals surface area contributed by atoms with Gasteiger partial charge in [0.15, 0.2) is 0 Å². The maximum Gasteiger partial charge on any atom is 0.371 e. The minimum absolute atomic E-state index is 0.000381. The highest BCUT2D eigenvalue weighted by Crippen LogP contribution is 2.35. The molecule has 1 aliphatic rings. The van der Waals surface area contributed by atoms with Crippen LogP contribution in [-0.2, 0) is 6.54 Å². The zero-order valence-electron chi connectivity index (χ0n) is 13.2. The molecule has 1 fully saturated rings. The second-order valence-corrected chi connectivity index (χ2v) is 6.49. The van der Waals surface area contributed by atoms with Crippen LogP contribution in [0.15, 0.2) is 16.5 Å². The number of likely N-dealkylation sites (N-methyl/N-ethyl adjacent to an activating group) is 1. The monoisotopic (exact) mass is 294 g/mol. The Morgan fingerprint density at radius 2 is 2.29 bits per heavy atom. The average molecular weight is 294 g/mol. The zero-order chi connectivity index (χ0) is 15.5. The number of nitrogens with zero attached hydrogens (tertiary/aromatic N) is 1. The fourth-order valence-corrected chi connectivity index (χ4v) is 3.36. The van der Waals surface area contributed by atoms with Crippen molar-refractivity contribution in [1.82, 2.24) is 10.2 Å². The number of carboxylic acids is 1. The van der Waals surface area contributed by atoms with E-state index in [-0.39, 0.29) is 11.3 Å². The molecule has 0 bridgehead atoms. The fraction of sp³-hybridized carbons (Fsp3) is 0.688. The van der Waals surface area contributed by atoms with E-state index < -0.39 is 5.97 Å². The number of carbonyl (C=O) groups is 1. The molecule has 5 nitrogen and oxygen atoms in total. The van der Waals surface area contributed by atoms with E-state index in [1.807, 2.05) is 0 Å². The lowest BCUT2D eigenvalue weighted by molar-refractivity contribution is 0.0657. The van der Waals surface area contributed by atoms with Crippen molar-refractivity contribution in [2.75, 3.05) is 20.6 Å². The second kappa shape index (κ2) is 6.62. The molecular weight excluding hydrogens is 268 g/mol. The molecule has 2 atom stereocenters. The summed E-state index contributed by atoms with van der Waals surface area (Å²) in [5.41, 5.74) is 0.194. The van der Waals surface area contributed by atoms with Gasteiger partial charge in [0.2, 0.25) is 5.76 Å². The van der Waals surface area contributed by atoms with Crippen LogP contribution >= 0.6 is 0 Å². The van der Waals surface area contributed by atoms with E-state index in [9.17, 15) is 4.79 Å². The maximum atomic E-state index is 10.8. The smallest absolute Gasteiger partial charge is 0.371 e. The van der Waals surface area contributed by atoms with Gasteiger partial charge in [-0.05, 0) is 45.0 Å². The lowest BCUT2D eigenvalue weighted by atomic mass is 9.75. The van der Waals surface area contributed by atoms with Crippen LogP contribution in [0, 0.1) is 5.92 Å². The summed E-state index contributed by atoms with van der Waals surface area (Å²) < 4.78 is 5.27. The number of furan rings is 1. The summed E-state index contributed by atoms with van der Waals surface area (Å²) in [6.07, 6.45) is 4.99. The molecule has 2 N–H and O–H groups in total. The molecule has 2 rings (SSSR count). The van der Waals surface area contributed by atoms with Gasteiger partial charge in [-0.2, -0.15) is 0 Å². The molecule has 1 heterocycles. The number of aromatic carboxylic acids is 1. The summed E-state index contributed by atoms with van der Waals surface area (Å²) in [4.78, 5) is 13.1. The largest absolute Gasteiger partial charge is 0.475 e. The molecule has 21 heavy (non-hydrogen) atoms. The van der Waals surface area contributed by atoms with E-state index in [0.717, 1.165) is 12.5 Å². The summed E-state index contributed by atoms with van der Waals surface area (Å²) in [6, 6.07) is 3.23. The second-order valence-electron chi connectivity index (χ2n) is 6.49. The minimum atomic E-state index is -1.02. The van der Waals surface area contributed by atoms with E-state index >= 15 is 0 Å². The highest BCUT2D eigenvalue weighted by atomic mass is 16.4. The van der Waals surface area contributed by atoms with Crippen molar-refractivity contribution >= 4 is 5.97 Å². The van der Waals surface area contributed by atoms with Crippen LogP contribution < -0.4 is 5.32 Å². The molecule has 1 saturated carbocycles. The zero-order valence-corrected chi connectivity index (χ0v) is 13.2. The standard InChI is InChI=1S/C16H26N2O3/c1-12-5-4-8-16(9-12,18(2)3)11-17-10-13-6-7-14(21-13)15(19)20/h6-7,12,17H,4-5,8-11H2,1-3H3,(H,19,20). The van der Waals surface area contributed by atoms with Crippen LogP contribution in [0.5, 0.6) is 0 Å². The van der Waals surface area contributed by atoms with Crippen LogP contribution in [0.2, 0.25) is 0 Å². The summed E-state index contributed by atoms with van der Waals surface area (Å²) in [7, 11) is 4.30. The van der Waals surface area contributed by atoms with Crippen molar-refractivity contribution in [1.29, 1.82) is 0 Å². The van der Waals surface area contributed by atoms with Gasteiger partial charge in [-0.1, -0.05) is 19.8 Å². The first-order valence-electron chi connectivity index (χ1n) is 7.63. The van der Waals surface area contributed by atoms with E-state index in [0.29, 0.717) is 12.3 Å². The van der Waals surface area contributed by atoms with Crippen molar-refractivity contribution in [3.05, 3.63) is 23.7 Å². The van der Waals surface area contributed by atoms with Gasteiger partial charge in [0.05, 0.1) is 6.54 Å². The summed E-state index contributed by atoms with van der Waals surface area (Å²) in [5.74, 6) is 0.405. The quantitative estimate of drug-likeness (QED) is 0.844. The third-order valence-corrected chi connectivity index (χ3v) is 4.64. The number of rotatable bonds is 6. The van der Waals surface area contributed by atoms with Gasteiger partial charge in [0, 0.05) is 12.1 Å². The summed E-state index contributed by atoms with van der Waals surface area (Å²) in [5, 5.41) is 12.3. The van der Waals surface area contributed by atoms with Crippen LogP contribution in [0.3, 0.4) is 0 Å². The van der Waals surface area contributed by atoms with Crippen LogP contribution in [0.25, 0.3) is 0 Å². The molecular formula is C16H26N2O3. The van der Waals surface area contributed by atoms with Crippen molar-refractivity contribution in [3.63, 3.8) is 0 Å². The van der Waals surface area contributed by atoms with Crippen LogP contribution in [0.1, 0.15) is 48.9 Å². The first kappa shape index (κ1) is 16.0. The molecule has 0 amide bonds. The predicted molar refractivity (Wildman–Crippen MR) is 81.4 cm³/mol. The van der Waals surface area contributed by atoms with Crippen molar-refractivity contribution in [2.45, 2.75) is 44.7 Å². The molecule has 1 aliphatic carbocycles. The number of carboxylic acid groups (broad SMARTS) is 1. The predicted octanol–water partition coefficient (Wildman–Crippen LogP) is 2.58. The number of hydrogen-bond acceptors (Lipinski definition) is 4. The number of nitrogens with one attached hydrogen (secondary N) is 1. The molecule has 2 unspecified atom stereocenters. The molecule has 1 aromatic heterocycles. The van der Waals surface area contributed by atoms with Crippen molar-refractivity contribution in [2.24, 2.45) is 5.92 Å². The van der Waals surface area contributed by atoms with Gasteiger partial charge >= 0.3 is 5.97 Å². The van der Waals surface area contributed by atoms with Crippen molar-refractivity contribution in [3.8, 4) is 0 Å². The molecule has 1 aromatic rings. The highest BCUT2D eigenvalue weighted by Gasteiger charge is 2.36. The summed E-state index contributed by atoms with van der Waals surface area (Å²) in [6.45, 7) is 3.79. The Morgan fingerprint density at radius 1 is 1.52 bits per heavy atom. The lowest BCUT2D eigenvalue weighted by Gasteiger charge is -2.45. The molecule has 0 radical (unpaired) electrons. The molecule has 5 heteroatoms. The summed E-state index contributed by atoms with van der Waals surface area (Å²) >= 11 is 0. The van der Waals surface area contributed by atoms with Crippen LogP contribution in [-0.4, -0.2) is 42.2 Å². The Kier molecular flexibility index (Phi) is 5.06. The first-order valence-corrected chi connectivity index (χ1v) is 7.63. The van der Waals surface area contributed by atoms with E-state index in [2.05, 4.69) is 31.2 Å². The molecule has 118 valence electrons. The Hall–Kier alpha value is -1.33. The topological polar surface area (TPSA) is 65.7 Å². The molecule has 0 spiro atoms. The van der Waals surface area contributed by atoms with E-state index in [1.165, 1.54) is 31.7 Å². The normalized spacial score (nSPS) is 26.2. The third-order valence-electron chi connectivity index (χ3n) is 4.64. The number of hydrogen-bond donors (Lipinski definition) is 2. The fourth-order valence-electron chi connectivity index (χ4n) is 3.36. The lowest BCUT2D eigenvalue weighted by Crippen LogP contribution is -2.54. The third kappa shape index (κ3) is 3.86. The minimum Gasteiger partial charge on any atom is -0.475 e. The van der Waals surface area contributed by atoms with Gasteiger partial charge in [-0.3, -0.25) is 0 Å². The van der Waals surface area contributed by atoms with E-state index in [1.54, 1.807) is 6.07 Å². The molecule has 0 aliphatic heterocycles. The van der Waals surface area contributed by atoms with Gasteiger partial charge in [-0.15, -0.1) is 0 Å². The van der Waals surface area contributed by atoms with Crippen molar-refractivity contribution < 1.29 is 14.3 Å². The first-order chi connectivity index (χ1) is 9.93. The Balaban J connectivity index is 1.91. The van der Waals surface area contributed by atoms with Gasteiger partial charge in [-0.25, -0.2) is 4.79 Å². The van der Waals surface area contributed by atoms with Gasteiger partial charge < -0.3 is 19.7 Å². The highest BCUT2D eigenvalue weighted by molar-refractivity contribution is 5.84. The van der Waals surface area contributed by atoms with Gasteiger partial charge in [0.25, 0.3) is 0 Å². The Bertz CT molecular complexity index is 484. The Labute approximate surface area is 126 Å². The maximum absolute atomic E-state index is 10.8. The van der Waals surface area contributed by atoms with Crippen LogP contribution in [0.4, 0.5) is 0 Å². The average Bonchev–Trinajstić information content (AvgIpc) is 2.87. The van der Waals surface area contributed by atoms with E-state index in [4.69, 9.17) is 9.52 Å². The SMILES string of the molecule is CC1CCCC(CNCc2ccc(C(=O)O)o2)(N(C)C)C1.